The molecule has 0 spiro atoms. The molecule has 2 atom stereocenters. The molecule has 1 aliphatic heterocycles. The Balaban J connectivity index is 2.07. The number of nitrogens with one attached hydrogen (secondary N) is 1. The average Bonchev–Trinajstić information content (AvgIpc) is 2.46. The van der Waals surface area contributed by atoms with Gasteiger partial charge in [0, 0.05) is 47.7 Å². The van der Waals surface area contributed by atoms with Crippen molar-refractivity contribution in [1.29, 1.82) is 0 Å². The predicted octanol–water partition coefficient (Wildman–Crippen LogP) is 3.31. The largest absolute Gasteiger partial charge is 0.598 e. The molecule has 0 amide bonds. The van der Waals surface area contributed by atoms with Crippen LogP contribution in [-0.2, 0) is 11.4 Å². The third-order valence-electron chi connectivity index (χ3n) is 4.16. The minimum absolute atomic E-state index is 0.0333. The van der Waals surface area contributed by atoms with Gasteiger partial charge in [0.2, 0.25) is 0 Å². The maximum Gasteiger partial charge on any atom is 0.136 e. The van der Waals surface area contributed by atoms with Crippen molar-refractivity contribution in [3.05, 3.63) is 28.2 Å². The highest BCUT2D eigenvalue weighted by atomic mass is 79.9. The minimum atomic E-state index is -1.08. The number of piperazine rings is 1. The first-order chi connectivity index (χ1) is 10.7. The highest BCUT2D eigenvalue weighted by Crippen LogP contribution is 2.30. The van der Waals surface area contributed by atoms with Crippen LogP contribution in [0.3, 0.4) is 0 Å². The predicted molar refractivity (Wildman–Crippen MR) is 103 cm³/mol. The summed E-state index contributed by atoms with van der Waals surface area (Å²) in [6, 6.07) is 6.52. The fourth-order valence-electron chi connectivity index (χ4n) is 2.53. The van der Waals surface area contributed by atoms with Crippen molar-refractivity contribution in [3.63, 3.8) is 0 Å². The molecule has 1 aromatic carbocycles. The van der Waals surface area contributed by atoms with E-state index in [1.807, 2.05) is 20.8 Å². The summed E-state index contributed by atoms with van der Waals surface area (Å²) >= 11 is 2.61. The normalized spacial score (nSPS) is 19.7. The second-order valence-electron chi connectivity index (χ2n) is 7.22. The van der Waals surface area contributed by atoms with Crippen LogP contribution in [-0.4, -0.2) is 47.4 Å². The quantitative estimate of drug-likeness (QED) is 0.785. The Kier molecular flexibility index (Phi) is 6.42. The van der Waals surface area contributed by atoms with E-state index in [0.29, 0.717) is 0 Å². The van der Waals surface area contributed by atoms with Gasteiger partial charge < -0.3 is 14.4 Å². The van der Waals surface area contributed by atoms with Crippen molar-refractivity contribution in [1.82, 2.24) is 9.62 Å². The number of hydrogen-bond acceptors (Lipinski definition) is 4. The topological polar surface area (TPSA) is 41.6 Å². The summed E-state index contributed by atoms with van der Waals surface area (Å²) < 4.78 is 16.3. The first kappa shape index (κ1) is 19.1. The van der Waals surface area contributed by atoms with Crippen LogP contribution in [0.4, 0.5) is 5.69 Å². The molecule has 23 heavy (non-hydrogen) atoms. The molecule has 6 heteroatoms. The van der Waals surface area contributed by atoms with Gasteiger partial charge in [0.25, 0.3) is 0 Å². The van der Waals surface area contributed by atoms with Gasteiger partial charge in [0.1, 0.15) is 4.75 Å². The summed E-state index contributed by atoms with van der Waals surface area (Å²) in [6.07, 6.45) is 0. The van der Waals surface area contributed by atoms with E-state index in [4.69, 9.17) is 0 Å². The molecule has 2 rings (SSSR count). The zero-order chi connectivity index (χ0) is 17.2. The number of anilines is 1. The van der Waals surface area contributed by atoms with E-state index in [1.54, 1.807) is 0 Å². The molecule has 1 aromatic rings. The fraction of sp³-hybridized carbons (Fsp3) is 0.647. The molecule has 0 unspecified atom stereocenters. The fourth-order valence-corrected chi connectivity index (χ4v) is 4.04. The average molecular weight is 402 g/mol. The summed E-state index contributed by atoms with van der Waals surface area (Å²) in [5.74, 6) is 0. The second-order valence-corrected chi connectivity index (χ2v) is 10.1. The molecule has 0 bridgehead atoms. The van der Waals surface area contributed by atoms with Crippen molar-refractivity contribution in [2.45, 2.75) is 38.5 Å². The Bertz CT molecular complexity index is 527. The number of rotatable bonds is 4. The van der Waals surface area contributed by atoms with Crippen LogP contribution in [0.2, 0.25) is 0 Å². The number of likely N-dealkylation sites (N-methyl/N-ethyl adjacent to an activating group) is 1. The summed E-state index contributed by atoms with van der Waals surface area (Å²) in [5.41, 5.74) is 2.39. The summed E-state index contributed by atoms with van der Waals surface area (Å²) in [6.45, 7) is 12.3. The van der Waals surface area contributed by atoms with Gasteiger partial charge in [-0.1, -0.05) is 22.0 Å². The van der Waals surface area contributed by atoms with Gasteiger partial charge in [-0.25, -0.2) is 0 Å². The van der Waals surface area contributed by atoms with E-state index in [9.17, 15) is 4.55 Å². The van der Waals surface area contributed by atoms with Gasteiger partial charge in [-0.15, -0.1) is 4.72 Å². The lowest BCUT2D eigenvalue weighted by atomic mass is 10.1. The van der Waals surface area contributed by atoms with Crippen LogP contribution in [0.5, 0.6) is 0 Å². The number of nitrogens with zero attached hydrogens (tertiary/aromatic N) is 2. The SMILES string of the molecule is C[C@@H](N[S@+]([O-])C(C)(C)C)c1ccc(N2CCN(C)CC2)cc1Br. The van der Waals surface area contributed by atoms with Gasteiger partial charge in [0.15, 0.2) is 0 Å². The van der Waals surface area contributed by atoms with Crippen LogP contribution in [0.25, 0.3) is 0 Å². The third kappa shape index (κ3) is 5.10. The van der Waals surface area contributed by atoms with Gasteiger partial charge in [-0.2, -0.15) is 0 Å². The Hall–Kier alpha value is -0.270. The third-order valence-corrected chi connectivity index (χ3v) is 6.53. The van der Waals surface area contributed by atoms with Gasteiger partial charge in [-0.05, 0) is 52.4 Å². The highest BCUT2D eigenvalue weighted by Gasteiger charge is 2.29. The van der Waals surface area contributed by atoms with Crippen LogP contribution < -0.4 is 9.62 Å². The minimum Gasteiger partial charge on any atom is -0.598 e. The maximum absolute atomic E-state index is 12.3. The molecular formula is C17H28BrN3OS. The van der Waals surface area contributed by atoms with Crippen LogP contribution >= 0.6 is 15.9 Å². The van der Waals surface area contributed by atoms with Crippen LogP contribution in [0.15, 0.2) is 22.7 Å². The van der Waals surface area contributed by atoms with E-state index in [0.717, 1.165) is 36.2 Å². The van der Waals surface area contributed by atoms with E-state index < -0.39 is 11.4 Å². The standard InChI is InChI=1S/C17H28BrN3OS/c1-13(19-23(22)17(2,3)4)15-7-6-14(12-16(15)18)21-10-8-20(5)9-11-21/h6-7,12-13,19H,8-11H2,1-5H3/t13-,23-/m1/s1. The summed E-state index contributed by atoms with van der Waals surface area (Å²) in [7, 11) is 2.17. The van der Waals surface area contributed by atoms with E-state index >= 15 is 0 Å². The lowest BCUT2D eigenvalue weighted by molar-refractivity contribution is 0.313. The van der Waals surface area contributed by atoms with Gasteiger partial charge >= 0.3 is 0 Å². The maximum atomic E-state index is 12.3. The first-order valence-corrected chi connectivity index (χ1v) is 10.0. The lowest BCUT2D eigenvalue weighted by Crippen LogP contribution is -2.44. The second kappa shape index (κ2) is 7.74. The smallest absolute Gasteiger partial charge is 0.136 e. The first-order valence-electron chi connectivity index (χ1n) is 8.09. The number of hydrogen-bond donors (Lipinski definition) is 1. The summed E-state index contributed by atoms with van der Waals surface area (Å²) in [4.78, 5) is 4.77. The molecule has 0 aliphatic carbocycles. The lowest BCUT2D eigenvalue weighted by Gasteiger charge is -2.34. The van der Waals surface area contributed by atoms with Crippen LogP contribution in [0, 0.1) is 0 Å². The van der Waals surface area contributed by atoms with Crippen molar-refractivity contribution in [2.24, 2.45) is 0 Å². The number of halogens is 1. The van der Waals surface area contributed by atoms with E-state index in [2.05, 4.69) is 62.6 Å². The van der Waals surface area contributed by atoms with Crippen molar-refractivity contribution < 1.29 is 4.55 Å². The Morgan fingerprint density at radius 3 is 2.35 bits per heavy atom. The molecular weight excluding hydrogens is 374 g/mol. The monoisotopic (exact) mass is 401 g/mol. The Morgan fingerprint density at radius 2 is 1.83 bits per heavy atom. The molecule has 1 saturated heterocycles. The summed E-state index contributed by atoms with van der Waals surface area (Å²) in [5, 5.41) is 0. The zero-order valence-corrected chi connectivity index (χ0v) is 17.1. The molecule has 1 fully saturated rings. The molecule has 1 heterocycles. The number of benzene rings is 1. The van der Waals surface area contributed by atoms with Gasteiger partial charge in [-0.3, -0.25) is 0 Å². The molecule has 0 radical (unpaired) electrons. The molecule has 0 saturated carbocycles. The van der Waals surface area contributed by atoms with E-state index in [1.165, 1.54) is 5.69 Å². The molecule has 4 nitrogen and oxygen atoms in total. The highest BCUT2D eigenvalue weighted by molar-refractivity contribution is 9.10. The Morgan fingerprint density at radius 1 is 1.22 bits per heavy atom. The van der Waals surface area contributed by atoms with E-state index in [-0.39, 0.29) is 10.8 Å². The molecule has 1 N–H and O–H groups in total. The molecule has 130 valence electrons. The van der Waals surface area contributed by atoms with Gasteiger partial charge in [0.05, 0.1) is 6.04 Å². The zero-order valence-electron chi connectivity index (χ0n) is 14.7. The van der Waals surface area contributed by atoms with Crippen molar-refractivity contribution >= 4 is 33.0 Å². The molecule has 1 aliphatic rings. The molecule has 0 aromatic heterocycles. The van der Waals surface area contributed by atoms with Crippen LogP contribution in [0.1, 0.15) is 39.3 Å². The van der Waals surface area contributed by atoms with Crippen molar-refractivity contribution in [2.75, 3.05) is 38.1 Å². The van der Waals surface area contributed by atoms with Crippen molar-refractivity contribution in [3.8, 4) is 0 Å². The Labute approximate surface area is 152 Å².